The van der Waals surface area contributed by atoms with Gasteiger partial charge in [0.2, 0.25) is 0 Å². The lowest BCUT2D eigenvalue weighted by Gasteiger charge is -2.30. The number of carbonyl (C=O) groups is 1. The molecule has 1 fully saturated rings. The minimum absolute atomic E-state index is 0.0217. The van der Waals surface area contributed by atoms with E-state index in [4.69, 9.17) is 11.5 Å². The molecule has 10 heteroatoms. The quantitative estimate of drug-likeness (QED) is 0.513. The maximum atomic E-state index is 14.6. The Morgan fingerprint density at radius 1 is 1.10 bits per heavy atom. The molecule has 1 aliphatic carbocycles. The van der Waals surface area contributed by atoms with Crippen molar-refractivity contribution in [3.8, 4) is 0 Å². The second-order valence-electron chi connectivity index (χ2n) is 7.03. The molecule has 3 aromatic rings. The number of aromatic nitrogens is 4. The van der Waals surface area contributed by atoms with Gasteiger partial charge in [0.05, 0.1) is 17.4 Å². The van der Waals surface area contributed by atoms with Gasteiger partial charge in [-0.15, -0.1) is 0 Å². The first-order chi connectivity index (χ1) is 14.0. The van der Waals surface area contributed by atoms with Gasteiger partial charge in [0.25, 0.3) is 5.91 Å². The molecule has 1 amide bonds. The van der Waals surface area contributed by atoms with Gasteiger partial charge in [-0.05, 0) is 25.0 Å². The number of hydrogen-bond donors (Lipinski definition) is 4. The smallest absolute Gasteiger partial charge is 0.252 e. The van der Waals surface area contributed by atoms with Gasteiger partial charge < -0.3 is 22.1 Å². The minimum Gasteiger partial charge on any atom is -0.365 e. The van der Waals surface area contributed by atoms with Crippen LogP contribution in [0.3, 0.4) is 0 Å². The lowest BCUT2D eigenvalue weighted by molar-refractivity contribution is 0.100. The molecule has 6 N–H and O–H groups in total. The number of carbonyl (C=O) groups excluding carboxylic acids is 1. The third kappa shape index (κ3) is 4.06. The third-order valence-corrected chi connectivity index (χ3v) is 4.97. The lowest BCUT2D eigenvalue weighted by Crippen LogP contribution is -2.43. The van der Waals surface area contributed by atoms with E-state index in [1.54, 1.807) is 18.5 Å². The summed E-state index contributed by atoms with van der Waals surface area (Å²) in [5, 5.41) is 6.06. The van der Waals surface area contributed by atoms with Crippen LogP contribution in [0.2, 0.25) is 0 Å². The predicted molar refractivity (Wildman–Crippen MR) is 107 cm³/mol. The molecule has 29 heavy (non-hydrogen) atoms. The zero-order valence-electron chi connectivity index (χ0n) is 15.6. The summed E-state index contributed by atoms with van der Waals surface area (Å²) in [5.41, 5.74) is 13.1. The molecule has 4 rings (SSSR count). The molecule has 1 aliphatic rings. The summed E-state index contributed by atoms with van der Waals surface area (Å²) in [5.74, 6) is -1.32. The van der Waals surface area contributed by atoms with E-state index in [1.807, 2.05) is 0 Å². The van der Waals surface area contributed by atoms with Crippen LogP contribution in [0.5, 0.6) is 0 Å². The molecule has 0 bridgehead atoms. The Hall–Kier alpha value is -3.40. The van der Waals surface area contributed by atoms with E-state index in [0.29, 0.717) is 16.9 Å². The summed E-state index contributed by atoms with van der Waals surface area (Å²) in [6.45, 7) is 0. The van der Waals surface area contributed by atoms with Crippen molar-refractivity contribution in [3.05, 3.63) is 42.1 Å². The zero-order chi connectivity index (χ0) is 20.4. The molecule has 150 valence electrons. The number of fused-ring (bicyclic) bond motifs is 1. The Balaban J connectivity index is 1.67. The molecule has 2 unspecified atom stereocenters. The van der Waals surface area contributed by atoms with Crippen molar-refractivity contribution in [1.82, 2.24) is 19.9 Å². The number of hydrogen-bond acceptors (Lipinski definition) is 8. The first kappa shape index (κ1) is 18.9. The highest BCUT2D eigenvalue weighted by Gasteiger charge is 2.24. The number of nitrogens with zero attached hydrogens (tertiary/aromatic N) is 4. The van der Waals surface area contributed by atoms with Crippen LogP contribution in [0.15, 0.2) is 30.7 Å². The predicted octanol–water partition coefficient (Wildman–Crippen LogP) is 2.08. The maximum Gasteiger partial charge on any atom is 0.252 e. The van der Waals surface area contributed by atoms with Gasteiger partial charge in [0.1, 0.15) is 11.3 Å². The molecule has 3 heterocycles. The van der Waals surface area contributed by atoms with Gasteiger partial charge in [-0.25, -0.2) is 19.3 Å². The van der Waals surface area contributed by atoms with E-state index in [2.05, 4.69) is 30.6 Å². The van der Waals surface area contributed by atoms with Gasteiger partial charge in [-0.1, -0.05) is 12.8 Å². The number of nitrogens with two attached hydrogens (primary N) is 2. The van der Waals surface area contributed by atoms with E-state index < -0.39 is 11.7 Å². The standard InChI is InChI=1S/C19H21FN8O/c20-12-8-11(16(22)29)17(28-18(12)27-14-4-2-1-3-13(14)21)26-10-7-15-19(25-9-10)24-6-5-23-15/h5-9,13-14H,1-4,21H2,(H2,22,29)(H2,26,27,28). The molecule has 9 nitrogen and oxygen atoms in total. The molecule has 0 radical (unpaired) electrons. The highest BCUT2D eigenvalue weighted by Crippen LogP contribution is 2.27. The molecule has 0 saturated heterocycles. The second-order valence-corrected chi connectivity index (χ2v) is 7.03. The van der Waals surface area contributed by atoms with Crippen LogP contribution in [-0.4, -0.2) is 37.9 Å². The first-order valence-electron chi connectivity index (χ1n) is 9.37. The van der Waals surface area contributed by atoms with Gasteiger partial charge >= 0.3 is 0 Å². The van der Waals surface area contributed by atoms with Gasteiger partial charge in [0.15, 0.2) is 17.3 Å². The van der Waals surface area contributed by atoms with Crippen molar-refractivity contribution in [2.75, 3.05) is 10.6 Å². The van der Waals surface area contributed by atoms with Crippen LogP contribution in [0.4, 0.5) is 21.7 Å². The Morgan fingerprint density at radius 2 is 1.90 bits per heavy atom. The number of anilines is 3. The summed E-state index contributed by atoms with van der Waals surface area (Å²) < 4.78 is 14.6. The van der Waals surface area contributed by atoms with Crippen LogP contribution in [0, 0.1) is 5.82 Å². The normalized spacial score (nSPS) is 19.1. The fraction of sp³-hybridized carbons (Fsp3) is 0.316. The van der Waals surface area contributed by atoms with Crippen LogP contribution in [0.25, 0.3) is 11.2 Å². The number of amides is 1. The Bertz CT molecular complexity index is 1060. The number of halogens is 1. The molecular formula is C19H21FN8O. The second kappa shape index (κ2) is 7.92. The Morgan fingerprint density at radius 3 is 2.69 bits per heavy atom. The molecule has 0 spiro atoms. The van der Waals surface area contributed by atoms with E-state index in [0.717, 1.165) is 31.7 Å². The number of nitrogens with one attached hydrogen (secondary N) is 2. The number of primary amides is 1. The lowest BCUT2D eigenvalue weighted by atomic mass is 9.91. The summed E-state index contributed by atoms with van der Waals surface area (Å²) in [4.78, 5) is 28.6. The van der Waals surface area contributed by atoms with Crippen molar-refractivity contribution >= 4 is 34.4 Å². The van der Waals surface area contributed by atoms with Gasteiger partial charge in [0, 0.05) is 24.5 Å². The van der Waals surface area contributed by atoms with E-state index in [-0.39, 0.29) is 29.3 Å². The minimum atomic E-state index is -0.798. The molecule has 1 saturated carbocycles. The number of pyridine rings is 2. The first-order valence-corrected chi connectivity index (χ1v) is 9.37. The summed E-state index contributed by atoms with van der Waals surface area (Å²) >= 11 is 0. The van der Waals surface area contributed by atoms with Crippen molar-refractivity contribution in [2.45, 2.75) is 37.8 Å². The monoisotopic (exact) mass is 396 g/mol. The molecule has 0 aliphatic heterocycles. The maximum absolute atomic E-state index is 14.6. The fourth-order valence-electron chi connectivity index (χ4n) is 3.45. The third-order valence-electron chi connectivity index (χ3n) is 4.97. The SMILES string of the molecule is NC(=O)c1cc(F)c(NC2CCCCC2N)nc1Nc1cnc2nccnc2c1. The van der Waals surface area contributed by atoms with Crippen molar-refractivity contribution < 1.29 is 9.18 Å². The fourth-order valence-corrected chi connectivity index (χ4v) is 3.45. The van der Waals surface area contributed by atoms with E-state index in [9.17, 15) is 9.18 Å². The highest BCUT2D eigenvalue weighted by atomic mass is 19.1. The average Bonchev–Trinajstić information content (AvgIpc) is 2.71. The highest BCUT2D eigenvalue weighted by molar-refractivity contribution is 5.98. The summed E-state index contributed by atoms with van der Waals surface area (Å²) in [6.07, 6.45) is 8.39. The molecule has 0 aromatic carbocycles. The zero-order valence-corrected chi connectivity index (χ0v) is 15.6. The molecular weight excluding hydrogens is 375 g/mol. The largest absolute Gasteiger partial charge is 0.365 e. The molecule has 2 atom stereocenters. The summed E-state index contributed by atoms with van der Waals surface area (Å²) in [7, 11) is 0. The van der Waals surface area contributed by atoms with Gasteiger partial charge in [-0.3, -0.25) is 9.78 Å². The van der Waals surface area contributed by atoms with Crippen LogP contribution in [0.1, 0.15) is 36.0 Å². The number of rotatable bonds is 5. The van der Waals surface area contributed by atoms with Crippen molar-refractivity contribution in [2.24, 2.45) is 11.5 Å². The average molecular weight is 396 g/mol. The van der Waals surface area contributed by atoms with Crippen LogP contribution in [-0.2, 0) is 0 Å². The molecule has 3 aromatic heterocycles. The van der Waals surface area contributed by atoms with Crippen molar-refractivity contribution in [1.29, 1.82) is 0 Å². The van der Waals surface area contributed by atoms with Crippen LogP contribution >= 0.6 is 0 Å². The van der Waals surface area contributed by atoms with Gasteiger partial charge in [-0.2, -0.15) is 0 Å². The summed E-state index contributed by atoms with van der Waals surface area (Å²) in [6, 6.07) is 2.61. The Kier molecular flexibility index (Phi) is 5.17. The van der Waals surface area contributed by atoms with Crippen LogP contribution < -0.4 is 22.1 Å². The topological polar surface area (TPSA) is 145 Å². The van der Waals surface area contributed by atoms with E-state index in [1.165, 1.54) is 6.20 Å². The Labute approximate surface area is 166 Å². The van der Waals surface area contributed by atoms with E-state index >= 15 is 0 Å². The van der Waals surface area contributed by atoms with Crippen molar-refractivity contribution in [3.63, 3.8) is 0 Å².